The molecule has 0 aromatic heterocycles. The number of alkyl halides is 2. The lowest BCUT2D eigenvalue weighted by Crippen LogP contribution is -2.36. The molecule has 1 N–H and O–H groups in total. The molecule has 0 unspecified atom stereocenters. The molecule has 0 spiro atoms. The molecule has 0 saturated heterocycles. The molecule has 1 heterocycles. The number of benzene rings is 2. The van der Waals surface area contributed by atoms with Crippen molar-refractivity contribution in [1.82, 2.24) is 5.32 Å². The molecule has 0 bridgehead atoms. The predicted octanol–water partition coefficient (Wildman–Crippen LogP) is 3.11. The van der Waals surface area contributed by atoms with Crippen molar-refractivity contribution in [3.63, 3.8) is 0 Å². The van der Waals surface area contributed by atoms with Crippen LogP contribution < -0.4 is 14.8 Å². The maximum Gasteiger partial charge on any atom is 0.387 e. The summed E-state index contributed by atoms with van der Waals surface area (Å²) in [7, 11) is 1.33. The molecule has 0 atom stereocenters. The number of carbonyl (C=O) groups excluding carboxylic acids is 2. The quantitative estimate of drug-likeness (QED) is 0.683. The second kappa shape index (κ2) is 6.72. The van der Waals surface area contributed by atoms with Crippen LogP contribution in [-0.4, -0.2) is 25.5 Å². The fourth-order valence-corrected chi connectivity index (χ4v) is 2.55. The minimum Gasteiger partial charge on any atom is -0.493 e. The van der Waals surface area contributed by atoms with Crippen molar-refractivity contribution < 1.29 is 27.8 Å². The highest BCUT2D eigenvalue weighted by Crippen LogP contribution is 2.32. The summed E-state index contributed by atoms with van der Waals surface area (Å²) in [6, 6.07) is 11.0. The van der Waals surface area contributed by atoms with Gasteiger partial charge in [-0.1, -0.05) is 24.3 Å². The molecule has 2 aromatic rings. The molecule has 128 valence electrons. The second-order valence-electron chi connectivity index (χ2n) is 5.18. The number of hydrogen-bond donors (Lipinski definition) is 1. The smallest absolute Gasteiger partial charge is 0.387 e. The molecule has 3 rings (SSSR count). The lowest BCUT2D eigenvalue weighted by molar-refractivity contribution is -0.114. The molecular weight excluding hydrogens is 332 g/mol. The monoisotopic (exact) mass is 345 g/mol. The van der Waals surface area contributed by atoms with Crippen molar-refractivity contribution in [2.45, 2.75) is 6.61 Å². The standard InChI is InChI=1S/C18H13F2NO4/c1-24-15-9-10(6-7-14(15)25-18(19)20)8-13-11-4-2-3-5-12(11)16(22)21-17(13)23/h2-9,18H,1H3,(H,21,22,23). The number of halogens is 2. The van der Waals surface area contributed by atoms with Crippen LogP contribution in [0.25, 0.3) is 11.6 Å². The van der Waals surface area contributed by atoms with Gasteiger partial charge in [-0.05, 0) is 35.4 Å². The van der Waals surface area contributed by atoms with Crippen molar-refractivity contribution in [3.8, 4) is 11.5 Å². The number of imide groups is 1. The van der Waals surface area contributed by atoms with Crippen LogP contribution in [0, 0.1) is 0 Å². The molecule has 1 aliphatic rings. The maximum atomic E-state index is 12.4. The Morgan fingerprint density at radius 2 is 1.72 bits per heavy atom. The fraction of sp³-hybridized carbons (Fsp3) is 0.111. The van der Waals surface area contributed by atoms with Crippen LogP contribution in [0.3, 0.4) is 0 Å². The van der Waals surface area contributed by atoms with Crippen LogP contribution in [0.4, 0.5) is 8.78 Å². The van der Waals surface area contributed by atoms with Gasteiger partial charge in [0.05, 0.1) is 7.11 Å². The van der Waals surface area contributed by atoms with Gasteiger partial charge in [0.15, 0.2) is 11.5 Å². The van der Waals surface area contributed by atoms with E-state index in [-0.39, 0.29) is 11.5 Å². The molecule has 0 fully saturated rings. The van der Waals surface area contributed by atoms with Crippen LogP contribution in [0.2, 0.25) is 0 Å². The van der Waals surface area contributed by atoms with E-state index < -0.39 is 18.4 Å². The molecule has 7 heteroatoms. The predicted molar refractivity (Wildman–Crippen MR) is 86.4 cm³/mol. The Kier molecular flexibility index (Phi) is 4.47. The molecular formula is C18H13F2NO4. The highest BCUT2D eigenvalue weighted by atomic mass is 19.3. The van der Waals surface area contributed by atoms with Gasteiger partial charge < -0.3 is 9.47 Å². The Hall–Kier alpha value is -3.22. The van der Waals surface area contributed by atoms with Crippen LogP contribution in [-0.2, 0) is 4.79 Å². The first-order valence-electron chi connectivity index (χ1n) is 7.29. The van der Waals surface area contributed by atoms with Gasteiger partial charge in [-0.15, -0.1) is 0 Å². The largest absolute Gasteiger partial charge is 0.493 e. The zero-order valence-electron chi connectivity index (χ0n) is 13.1. The Morgan fingerprint density at radius 3 is 2.40 bits per heavy atom. The number of methoxy groups -OCH3 is 1. The molecule has 0 aliphatic carbocycles. The Bertz CT molecular complexity index is 877. The highest BCUT2D eigenvalue weighted by Gasteiger charge is 2.26. The third-order valence-electron chi connectivity index (χ3n) is 3.65. The van der Waals surface area contributed by atoms with Gasteiger partial charge >= 0.3 is 6.61 Å². The van der Waals surface area contributed by atoms with Gasteiger partial charge in [0.1, 0.15) is 0 Å². The Morgan fingerprint density at radius 1 is 1.00 bits per heavy atom. The summed E-state index contributed by atoms with van der Waals surface area (Å²) in [6.07, 6.45) is 1.55. The summed E-state index contributed by atoms with van der Waals surface area (Å²) in [5, 5.41) is 2.27. The first kappa shape index (κ1) is 16.6. The van der Waals surface area contributed by atoms with Crippen molar-refractivity contribution in [1.29, 1.82) is 0 Å². The first-order valence-corrected chi connectivity index (χ1v) is 7.29. The summed E-state index contributed by atoms with van der Waals surface area (Å²) in [5.74, 6) is -0.995. The number of ether oxygens (including phenoxy) is 2. The molecule has 1 aliphatic heterocycles. The molecule has 2 amide bonds. The topological polar surface area (TPSA) is 64.6 Å². The van der Waals surface area contributed by atoms with E-state index in [1.165, 1.54) is 25.3 Å². The summed E-state index contributed by atoms with van der Waals surface area (Å²) >= 11 is 0. The minimum absolute atomic E-state index is 0.107. The first-order chi connectivity index (χ1) is 12.0. The van der Waals surface area contributed by atoms with Crippen molar-refractivity contribution >= 4 is 23.5 Å². The van der Waals surface area contributed by atoms with E-state index in [1.54, 1.807) is 30.3 Å². The summed E-state index contributed by atoms with van der Waals surface area (Å²) in [6.45, 7) is -2.97. The number of amides is 2. The van der Waals surface area contributed by atoms with E-state index in [0.29, 0.717) is 22.3 Å². The summed E-state index contributed by atoms with van der Waals surface area (Å²) < 4.78 is 34.2. The van der Waals surface area contributed by atoms with Gasteiger partial charge in [0.25, 0.3) is 11.8 Å². The van der Waals surface area contributed by atoms with Gasteiger partial charge in [-0.25, -0.2) is 0 Å². The van der Waals surface area contributed by atoms with Crippen molar-refractivity contribution in [2.75, 3.05) is 7.11 Å². The number of nitrogens with one attached hydrogen (secondary N) is 1. The second-order valence-corrected chi connectivity index (χ2v) is 5.18. The average Bonchev–Trinajstić information content (AvgIpc) is 2.59. The fourth-order valence-electron chi connectivity index (χ4n) is 2.55. The molecule has 5 nitrogen and oxygen atoms in total. The van der Waals surface area contributed by atoms with Crippen LogP contribution in [0.5, 0.6) is 11.5 Å². The average molecular weight is 345 g/mol. The van der Waals surface area contributed by atoms with E-state index in [4.69, 9.17) is 4.74 Å². The number of rotatable bonds is 4. The van der Waals surface area contributed by atoms with E-state index in [1.807, 2.05) is 0 Å². The minimum atomic E-state index is -2.97. The third kappa shape index (κ3) is 3.35. The van der Waals surface area contributed by atoms with Crippen LogP contribution >= 0.6 is 0 Å². The highest BCUT2D eigenvalue weighted by molar-refractivity contribution is 6.33. The van der Waals surface area contributed by atoms with E-state index in [0.717, 1.165) is 0 Å². The van der Waals surface area contributed by atoms with Gasteiger partial charge in [-0.3, -0.25) is 14.9 Å². The SMILES string of the molecule is COc1cc(C=C2C(=O)NC(=O)c3ccccc32)ccc1OC(F)F. The van der Waals surface area contributed by atoms with E-state index in [9.17, 15) is 18.4 Å². The number of carbonyl (C=O) groups is 2. The van der Waals surface area contributed by atoms with Gasteiger partial charge in [0, 0.05) is 11.1 Å². The molecule has 0 saturated carbocycles. The van der Waals surface area contributed by atoms with E-state index >= 15 is 0 Å². The van der Waals surface area contributed by atoms with E-state index in [2.05, 4.69) is 10.1 Å². The summed E-state index contributed by atoms with van der Waals surface area (Å²) in [4.78, 5) is 24.1. The summed E-state index contributed by atoms with van der Waals surface area (Å²) in [5.41, 5.74) is 1.72. The Balaban J connectivity index is 2.04. The molecule has 25 heavy (non-hydrogen) atoms. The van der Waals surface area contributed by atoms with Gasteiger partial charge in [-0.2, -0.15) is 8.78 Å². The van der Waals surface area contributed by atoms with Crippen molar-refractivity contribution in [3.05, 3.63) is 59.2 Å². The zero-order chi connectivity index (χ0) is 18.0. The van der Waals surface area contributed by atoms with Crippen molar-refractivity contribution in [2.24, 2.45) is 0 Å². The molecule has 0 radical (unpaired) electrons. The zero-order valence-corrected chi connectivity index (χ0v) is 13.1. The maximum absolute atomic E-state index is 12.4. The van der Waals surface area contributed by atoms with Gasteiger partial charge in [0.2, 0.25) is 0 Å². The normalized spacial score (nSPS) is 15.1. The molecule has 2 aromatic carbocycles. The van der Waals surface area contributed by atoms with Crippen LogP contribution in [0.1, 0.15) is 21.5 Å². The third-order valence-corrected chi connectivity index (χ3v) is 3.65. The number of fused-ring (bicyclic) bond motifs is 1. The number of hydrogen-bond acceptors (Lipinski definition) is 4. The van der Waals surface area contributed by atoms with Crippen LogP contribution in [0.15, 0.2) is 42.5 Å². The Labute approximate surface area is 141 Å². The lowest BCUT2D eigenvalue weighted by atomic mass is 9.93. The lowest BCUT2D eigenvalue weighted by Gasteiger charge is -2.18.